The smallest absolute Gasteiger partial charge is 0.341 e. The van der Waals surface area contributed by atoms with E-state index in [1.165, 1.54) is 35.1 Å². The molecule has 1 heterocycles. The first-order chi connectivity index (χ1) is 14.6. The van der Waals surface area contributed by atoms with Crippen LogP contribution in [0.4, 0.5) is 9.39 Å². The van der Waals surface area contributed by atoms with Crippen LogP contribution in [0.2, 0.25) is 0 Å². The molecule has 30 heavy (non-hydrogen) atoms. The summed E-state index contributed by atoms with van der Waals surface area (Å²) in [5.74, 6) is -1.26. The summed E-state index contributed by atoms with van der Waals surface area (Å²) in [5, 5.41) is 3.19. The van der Waals surface area contributed by atoms with Gasteiger partial charge in [-0.3, -0.25) is 4.79 Å². The second-order valence-corrected chi connectivity index (χ2v) is 8.32. The van der Waals surface area contributed by atoms with Crippen LogP contribution in [0.25, 0.3) is 0 Å². The summed E-state index contributed by atoms with van der Waals surface area (Å²) in [7, 11) is 0. The minimum Gasteiger partial charge on any atom is -0.462 e. The molecule has 0 fully saturated rings. The third kappa shape index (κ3) is 4.00. The van der Waals surface area contributed by atoms with Gasteiger partial charge in [0.1, 0.15) is 10.8 Å². The fourth-order valence-electron chi connectivity index (χ4n) is 3.92. The zero-order valence-electron chi connectivity index (χ0n) is 16.6. The Balaban J connectivity index is 1.67. The van der Waals surface area contributed by atoms with Crippen LogP contribution >= 0.6 is 11.3 Å². The molecule has 154 valence electrons. The maximum absolute atomic E-state index is 14.0. The molecule has 1 N–H and O–H groups in total. The summed E-state index contributed by atoms with van der Waals surface area (Å²) < 4.78 is 19.3. The van der Waals surface area contributed by atoms with Gasteiger partial charge in [0.05, 0.1) is 17.7 Å². The highest BCUT2D eigenvalue weighted by Crippen LogP contribution is 2.43. The second kappa shape index (κ2) is 8.79. The minimum absolute atomic E-state index is 0.0548. The van der Waals surface area contributed by atoms with Gasteiger partial charge >= 0.3 is 5.97 Å². The second-order valence-electron chi connectivity index (χ2n) is 7.21. The van der Waals surface area contributed by atoms with Gasteiger partial charge in [0, 0.05) is 4.88 Å². The standard InChI is InChI=1S/C24H22FNO3S/c1-2-29-24(28)21-18-13-12-16(15-8-4-3-5-9-15)14-20(18)30-23(21)26-22(27)17-10-6-7-11-19(17)25/h3-11,16H,2,12-14H2,1H3,(H,26,27). The van der Waals surface area contributed by atoms with Crippen molar-refractivity contribution in [1.29, 1.82) is 0 Å². The first-order valence-corrected chi connectivity index (χ1v) is 10.8. The number of halogens is 1. The number of amides is 1. The Labute approximate surface area is 178 Å². The Morgan fingerprint density at radius 2 is 1.87 bits per heavy atom. The number of rotatable bonds is 5. The van der Waals surface area contributed by atoms with Crippen molar-refractivity contribution in [3.8, 4) is 0 Å². The van der Waals surface area contributed by atoms with Crippen molar-refractivity contribution in [3.05, 3.63) is 87.5 Å². The number of hydrogen-bond acceptors (Lipinski definition) is 4. The number of ether oxygens (including phenoxy) is 1. The van der Waals surface area contributed by atoms with Crippen molar-refractivity contribution in [2.45, 2.75) is 32.1 Å². The number of thiophene rings is 1. The third-order valence-electron chi connectivity index (χ3n) is 5.36. The first-order valence-electron chi connectivity index (χ1n) is 10.0. The molecular formula is C24H22FNO3S. The van der Waals surface area contributed by atoms with Crippen LogP contribution < -0.4 is 5.32 Å². The molecule has 0 bridgehead atoms. The lowest BCUT2D eigenvalue weighted by molar-refractivity contribution is 0.0526. The van der Waals surface area contributed by atoms with E-state index in [4.69, 9.17) is 4.74 Å². The molecule has 1 atom stereocenters. The maximum atomic E-state index is 14.0. The number of hydrogen-bond donors (Lipinski definition) is 1. The van der Waals surface area contributed by atoms with Crippen LogP contribution in [0.5, 0.6) is 0 Å². The molecule has 1 amide bonds. The van der Waals surface area contributed by atoms with Gasteiger partial charge in [0.25, 0.3) is 5.91 Å². The van der Waals surface area contributed by atoms with Crippen molar-refractivity contribution in [2.75, 3.05) is 11.9 Å². The van der Waals surface area contributed by atoms with E-state index in [0.717, 1.165) is 29.7 Å². The Morgan fingerprint density at radius 3 is 2.60 bits per heavy atom. The van der Waals surface area contributed by atoms with Gasteiger partial charge in [0.2, 0.25) is 0 Å². The average molecular weight is 424 g/mol. The summed E-state index contributed by atoms with van der Waals surface area (Å²) in [6.45, 7) is 2.00. The number of benzene rings is 2. The van der Waals surface area contributed by atoms with E-state index in [2.05, 4.69) is 17.4 Å². The molecule has 0 radical (unpaired) electrons. The van der Waals surface area contributed by atoms with Crippen LogP contribution in [0.1, 0.15) is 56.0 Å². The molecule has 4 rings (SSSR count). The molecule has 4 nitrogen and oxygen atoms in total. The zero-order valence-corrected chi connectivity index (χ0v) is 17.4. The summed E-state index contributed by atoms with van der Waals surface area (Å²) in [5.41, 5.74) is 2.56. The molecule has 1 aliphatic rings. The molecule has 0 saturated heterocycles. The summed E-state index contributed by atoms with van der Waals surface area (Å²) in [4.78, 5) is 26.4. The highest BCUT2D eigenvalue weighted by molar-refractivity contribution is 7.17. The van der Waals surface area contributed by atoms with Crippen molar-refractivity contribution in [2.24, 2.45) is 0 Å². The zero-order chi connectivity index (χ0) is 21.1. The average Bonchev–Trinajstić information content (AvgIpc) is 3.11. The van der Waals surface area contributed by atoms with Gasteiger partial charge in [-0.1, -0.05) is 42.5 Å². The lowest BCUT2D eigenvalue weighted by atomic mass is 9.83. The highest BCUT2D eigenvalue weighted by atomic mass is 32.1. The monoisotopic (exact) mass is 423 g/mol. The molecule has 1 aliphatic carbocycles. The molecule has 0 aliphatic heterocycles. The van der Waals surface area contributed by atoms with E-state index in [0.29, 0.717) is 16.5 Å². The van der Waals surface area contributed by atoms with E-state index in [1.807, 2.05) is 18.2 Å². The number of carbonyl (C=O) groups is 2. The van der Waals surface area contributed by atoms with Crippen LogP contribution in [0.3, 0.4) is 0 Å². The number of esters is 1. The van der Waals surface area contributed by atoms with Gasteiger partial charge < -0.3 is 10.1 Å². The SMILES string of the molecule is CCOC(=O)c1c(NC(=O)c2ccccc2F)sc2c1CCC(c1ccccc1)C2. The van der Waals surface area contributed by atoms with E-state index in [1.54, 1.807) is 13.0 Å². The quantitative estimate of drug-likeness (QED) is 0.545. The molecule has 2 aromatic carbocycles. The molecule has 1 unspecified atom stereocenters. The predicted molar refractivity (Wildman–Crippen MR) is 116 cm³/mol. The molecule has 0 saturated carbocycles. The fourth-order valence-corrected chi connectivity index (χ4v) is 5.23. The van der Waals surface area contributed by atoms with Gasteiger partial charge in [0.15, 0.2) is 0 Å². The van der Waals surface area contributed by atoms with E-state index >= 15 is 0 Å². The summed E-state index contributed by atoms with van der Waals surface area (Å²) in [6.07, 6.45) is 2.45. The van der Waals surface area contributed by atoms with Crippen molar-refractivity contribution >= 4 is 28.2 Å². The predicted octanol–water partition coefficient (Wildman–Crippen LogP) is 5.59. The van der Waals surface area contributed by atoms with Crippen LogP contribution in [-0.4, -0.2) is 18.5 Å². The van der Waals surface area contributed by atoms with Crippen LogP contribution in [-0.2, 0) is 17.6 Å². The Morgan fingerprint density at radius 1 is 1.13 bits per heavy atom. The Hall–Kier alpha value is -2.99. The lowest BCUT2D eigenvalue weighted by Gasteiger charge is -2.23. The normalized spacial score (nSPS) is 15.3. The molecule has 3 aromatic rings. The van der Waals surface area contributed by atoms with E-state index in [9.17, 15) is 14.0 Å². The Kier molecular flexibility index (Phi) is 5.95. The van der Waals surface area contributed by atoms with E-state index < -0.39 is 17.7 Å². The molecular weight excluding hydrogens is 401 g/mol. The molecule has 6 heteroatoms. The summed E-state index contributed by atoms with van der Waals surface area (Å²) >= 11 is 1.39. The first kappa shape index (κ1) is 20.3. The van der Waals surface area contributed by atoms with Gasteiger partial charge in [-0.25, -0.2) is 9.18 Å². The topological polar surface area (TPSA) is 55.4 Å². The largest absolute Gasteiger partial charge is 0.462 e. The third-order valence-corrected chi connectivity index (χ3v) is 6.53. The number of nitrogens with one attached hydrogen (secondary N) is 1. The summed E-state index contributed by atoms with van der Waals surface area (Å²) in [6, 6.07) is 16.1. The minimum atomic E-state index is -0.599. The highest BCUT2D eigenvalue weighted by Gasteiger charge is 2.31. The number of fused-ring (bicyclic) bond motifs is 1. The van der Waals surface area contributed by atoms with Gasteiger partial charge in [-0.15, -0.1) is 11.3 Å². The van der Waals surface area contributed by atoms with Crippen molar-refractivity contribution in [3.63, 3.8) is 0 Å². The van der Waals surface area contributed by atoms with Crippen LogP contribution in [0, 0.1) is 5.82 Å². The van der Waals surface area contributed by atoms with Crippen molar-refractivity contribution < 1.29 is 18.7 Å². The number of anilines is 1. The lowest BCUT2D eigenvalue weighted by Crippen LogP contribution is -2.17. The number of carbonyl (C=O) groups excluding carboxylic acids is 2. The fraction of sp³-hybridized carbons (Fsp3) is 0.250. The molecule has 0 spiro atoms. The van der Waals surface area contributed by atoms with Gasteiger partial charge in [-0.05, 0) is 55.4 Å². The van der Waals surface area contributed by atoms with Crippen molar-refractivity contribution in [1.82, 2.24) is 0 Å². The van der Waals surface area contributed by atoms with Crippen LogP contribution in [0.15, 0.2) is 54.6 Å². The van der Waals surface area contributed by atoms with E-state index in [-0.39, 0.29) is 12.2 Å². The Bertz CT molecular complexity index is 1080. The maximum Gasteiger partial charge on any atom is 0.341 e. The molecule has 1 aromatic heterocycles. The van der Waals surface area contributed by atoms with Gasteiger partial charge in [-0.2, -0.15) is 0 Å².